The third kappa shape index (κ3) is 2.21. The third-order valence-electron chi connectivity index (χ3n) is 3.06. The smallest absolute Gasteiger partial charge is 0.328 e. The predicted octanol–water partition coefficient (Wildman–Crippen LogP) is 0.692. The summed E-state index contributed by atoms with van der Waals surface area (Å²) < 4.78 is 4.84. The van der Waals surface area contributed by atoms with E-state index in [1.165, 1.54) is 0 Å². The molecule has 0 radical (unpaired) electrons. The highest BCUT2D eigenvalue weighted by molar-refractivity contribution is 5.90. The Labute approximate surface area is 93.6 Å². The van der Waals surface area contributed by atoms with E-state index in [4.69, 9.17) is 10.3 Å². The molecule has 2 atom stereocenters. The van der Waals surface area contributed by atoms with Gasteiger partial charge in [-0.1, -0.05) is 11.6 Å². The van der Waals surface area contributed by atoms with Gasteiger partial charge in [-0.3, -0.25) is 10.1 Å². The predicted molar refractivity (Wildman–Crippen MR) is 57.6 cm³/mol. The summed E-state index contributed by atoms with van der Waals surface area (Å²) in [6.07, 6.45) is 2.97. The first-order valence-corrected chi connectivity index (χ1v) is 5.52. The highest BCUT2D eigenvalue weighted by Crippen LogP contribution is 2.31. The monoisotopic (exact) mass is 224 g/mol. The molecule has 1 aromatic heterocycles. The minimum Gasteiger partial charge on any atom is -0.330 e. The lowest BCUT2D eigenvalue weighted by Gasteiger charge is -2.15. The first kappa shape index (κ1) is 11.1. The largest absolute Gasteiger partial charge is 0.330 e. The number of rotatable bonds is 3. The number of carbonyl (C=O) groups is 1. The fourth-order valence-corrected chi connectivity index (χ4v) is 2.21. The Balaban J connectivity index is 1.97. The zero-order valence-electron chi connectivity index (χ0n) is 9.27. The van der Waals surface area contributed by atoms with Crippen LogP contribution in [0.1, 0.15) is 25.1 Å². The molecule has 1 aliphatic rings. The summed E-state index contributed by atoms with van der Waals surface area (Å²) in [5, 5.41) is 6.24. The van der Waals surface area contributed by atoms with Crippen LogP contribution >= 0.6 is 0 Å². The van der Waals surface area contributed by atoms with Gasteiger partial charge < -0.3 is 10.3 Å². The van der Waals surface area contributed by atoms with E-state index in [2.05, 4.69) is 15.5 Å². The van der Waals surface area contributed by atoms with Crippen molar-refractivity contribution in [3.63, 3.8) is 0 Å². The number of nitrogens with one attached hydrogen (secondary N) is 1. The van der Waals surface area contributed by atoms with Gasteiger partial charge in [0.25, 0.3) is 0 Å². The lowest BCUT2D eigenvalue weighted by molar-refractivity contribution is -0.120. The molecule has 0 saturated heterocycles. The molecule has 0 spiro atoms. The van der Waals surface area contributed by atoms with Crippen LogP contribution in [0.4, 0.5) is 6.01 Å². The number of nitrogens with two attached hydrogens (primary N) is 1. The van der Waals surface area contributed by atoms with Gasteiger partial charge >= 0.3 is 6.01 Å². The van der Waals surface area contributed by atoms with Crippen molar-refractivity contribution in [3.8, 4) is 0 Å². The van der Waals surface area contributed by atoms with Gasteiger partial charge in [0.05, 0.1) is 0 Å². The van der Waals surface area contributed by atoms with Gasteiger partial charge in [-0.05, 0) is 32.2 Å². The molecular formula is C10H16N4O2. The Morgan fingerprint density at radius 2 is 2.44 bits per heavy atom. The number of aromatic nitrogens is 2. The summed E-state index contributed by atoms with van der Waals surface area (Å²) in [6, 6.07) is 0.171. The zero-order chi connectivity index (χ0) is 11.5. The zero-order valence-corrected chi connectivity index (χ0v) is 9.27. The molecule has 2 unspecified atom stereocenters. The van der Waals surface area contributed by atoms with Crippen LogP contribution in [0.5, 0.6) is 0 Å². The average Bonchev–Trinajstić information content (AvgIpc) is 2.86. The second kappa shape index (κ2) is 4.61. The first-order valence-electron chi connectivity index (χ1n) is 5.52. The highest BCUT2D eigenvalue weighted by Gasteiger charge is 2.32. The summed E-state index contributed by atoms with van der Waals surface area (Å²) in [5.74, 6) is 0.718. The van der Waals surface area contributed by atoms with Crippen molar-refractivity contribution in [2.24, 2.45) is 17.6 Å². The fourth-order valence-electron chi connectivity index (χ4n) is 2.21. The molecule has 0 aromatic carbocycles. The van der Waals surface area contributed by atoms with Gasteiger partial charge in [0.15, 0.2) is 5.82 Å². The van der Waals surface area contributed by atoms with Crippen molar-refractivity contribution in [2.45, 2.75) is 26.2 Å². The summed E-state index contributed by atoms with van der Waals surface area (Å²) in [4.78, 5) is 15.8. The van der Waals surface area contributed by atoms with Crippen molar-refractivity contribution in [1.29, 1.82) is 0 Å². The number of anilines is 1. The number of hydrogen-bond acceptors (Lipinski definition) is 5. The summed E-state index contributed by atoms with van der Waals surface area (Å²) in [7, 11) is 0. The Bertz CT molecular complexity index is 377. The van der Waals surface area contributed by atoms with E-state index in [-0.39, 0.29) is 23.8 Å². The Hall–Kier alpha value is -1.43. The van der Waals surface area contributed by atoms with Crippen LogP contribution in [-0.4, -0.2) is 22.6 Å². The van der Waals surface area contributed by atoms with E-state index in [1.54, 1.807) is 6.92 Å². The van der Waals surface area contributed by atoms with Gasteiger partial charge in [-0.25, -0.2) is 0 Å². The second-order valence-corrected chi connectivity index (χ2v) is 4.17. The van der Waals surface area contributed by atoms with Crippen LogP contribution < -0.4 is 11.1 Å². The van der Waals surface area contributed by atoms with Gasteiger partial charge in [0.1, 0.15) is 0 Å². The molecule has 6 heteroatoms. The van der Waals surface area contributed by atoms with Gasteiger partial charge in [0, 0.05) is 5.92 Å². The summed E-state index contributed by atoms with van der Waals surface area (Å²) in [6.45, 7) is 2.26. The molecular weight excluding hydrogens is 208 g/mol. The van der Waals surface area contributed by atoms with Crippen LogP contribution in [0.15, 0.2) is 4.52 Å². The Kier molecular flexibility index (Phi) is 3.19. The lowest BCUT2D eigenvalue weighted by Crippen LogP contribution is -2.29. The van der Waals surface area contributed by atoms with Crippen molar-refractivity contribution >= 4 is 11.9 Å². The van der Waals surface area contributed by atoms with Crippen molar-refractivity contribution in [3.05, 3.63) is 5.82 Å². The van der Waals surface area contributed by atoms with Crippen LogP contribution in [-0.2, 0) is 4.79 Å². The van der Waals surface area contributed by atoms with E-state index < -0.39 is 0 Å². The van der Waals surface area contributed by atoms with Crippen LogP contribution in [0, 0.1) is 18.8 Å². The van der Waals surface area contributed by atoms with Gasteiger partial charge in [-0.15, -0.1) is 0 Å². The molecule has 88 valence electrons. The Morgan fingerprint density at radius 1 is 1.62 bits per heavy atom. The number of aryl methyl sites for hydroxylation is 1. The van der Waals surface area contributed by atoms with Crippen molar-refractivity contribution in [2.75, 3.05) is 11.9 Å². The average molecular weight is 224 g/mol. The van der Waals surface area contributed by atoms with Crippen LogP contribution in [0.2, 0.25) is 0 Å². The van der Waals surface area contributed by atoms with Crippen LogP contribution in [0.25, 0.3) is 0 Å². The fraction of sp³-hybridized carbons (Fsp3) is 0.700. The topological polar surface area (TPSA) is 94.0 Å². The first-order chi connectivity index (χ1) is 7.70. The minimum atomic E-state index is -0.0587. The Morgan fingerprint density at radius 3 is 3.06 bits per heavy atom. The molecule has 1 fully saturated rings. The number of hydrogen-bond donors (Lipinski definition) is 2. The normalized spacial score (nSPS) is 24.6. The maximum atomic E-state index is 11.9. The van der Waals surface area contributed by atoms with Gasteiger partial charge in [-0.2, -0.15) is 4.98 Å². The lowest BCUT2D eigenvalue weighted by atomic mass is 9.95. The molecule has 1 aliphatic carbocycles. The molecule has 6 nitrogen and oxygen atoms in total. The maximum absolute atomic E-state index is 11.9. The summed E-state index contributed by atoms with van der Waals surface area (Å²) in [5.41, 5.74) is 5.63. The van der Waals surface area contributed by atoms with E-state index >= 15 is 0 Å². The van der Waals surface area contributed by atoms with E-state index in [0.29, 0.717) is 12.4 Å². The molecule has 1 saturated carbocycles. The second-order valence-electron chi connectivity index (χ2n) is 4.17. The van der Waals surface area contributed by atoms with Gasteiger partial charge in [0.2, 0.25) is 5.91 Å². The standard InChI is InChI=1S/C10H16N4O2/c1-6-12-10(16-14-6)13-9(15)8-4-2-3-7(8)5-11/h7-8H,2-5,11H2,1H3,(H,12,13,14,15). The number of nitrogens with zero attached hydrogens (tertiary/aromatic N) is 2. The SMILES string of the molecule is Cc1noc(NC(=O)C2CCCC2CN)n1. The maximum Gasteiger partial charge on any atom is 0.328 e. The molecule has 1 amide bonds. The van der Waals surface area contributed by atoms with Crippen molar-refractivity contribution in [1.82, 2.24) is 10.1 Å². The third-order valence-corrected chi connectivity index (χ3v) is 3.06. The summed E-state index contributed by atoms with van der Waals surface area (Å²) >= 11 is 0. The van der Waals surface area contributed by atoms with E-state index in [1.807, 2.05) is 0 Å². The molecule has 1 heterocycles. The minimum absolute atomic E-state index is 0.0165. The molecule has 0 bridgehead atoms. The highest BCUT2D eigenvalue weighted by atomic mass is 16.5. The molecule has 2 rings (SSSR count). The van der Waals surface area contributed by atoms with E-state index in [9.17, 15) is 4.79 Å². The van der Waals surface area contributed by atoms with Crippen molar-refractivity contribution < 1.29 is 9.32 Å². The molecule has 0 aliphatic heterocycles. The number of carbonyl (C=O) groups excluding carboxylic acids is 1. The molecule has 16 heavy (non-hydrogen) atoms. The number of amides is 1. The molecule has 3 N–H and O–H groups in total. The van der Waals surface area contributed by atoms with E-state index in [0.717, 1.165) is 19.3 Å². The quantitative estimate of drug-likeness (QED) is 0.787. The van der Waals surface area contributed by atoms with Crippen LogP contribution in [0.3, 0.4) is 0 Å². The molecule has 1 aromatic rings.